The molecule has 0 aliphatic rings. The van der Waals surface area contributed by atoms with Crippen molar-refractivity contribution in [1.29, 1.82) is 0 Å². The van der Waals surface area contributed by atoms with Gasteiger partial charge in [0.05, 0.1) is 18.4 Å². The van der Waals surface area contributed by atoms with E-state index in [9.17, 15) is 4.79 Å². The van der Waals surface area contributed by atoms with Crippen LogP contribution in [0.1, 0.15) is 38.6 Å². The molecule has 2 aromatic heterocycles. The van der Waals surface area contributed by atoms with Crippen LogP contribution >= 0.6 is 11.6 Å². The predicted molar refractivity (Wildman–Crippen MR) is 101 cm³/mol. The lowest BCUT2D eigenvalue weighted by molar-refractivity contribution is -0.116. The van der Waals surface area contributed by atoms with Crippen molar-refractivity contribution in [1.82, 2.24) is 14.8 Å². The maximum absolute atomic E-state index is 12.2. The van der Waals surface area contributed by atoms with Crippen LogP contribution in [0.25, 0.3) is 11.3 Å². The van der Waals surface area contributed by atoms with Gasteiger partial charge >= 0.3 is 0 Å². The fourth-order valence-electron chi connectivity index (χ4n) is 2.54. The molecule has 0 aliphatic carbocycles. The average molecular weight is 373 g/mol. The van der Waals surface area contributed by atoms with E-state index in [1.807, 2.05) is 16.8 Å². The molecule has 0 saturated heterocycles. The summed E-state index contributed by atoms with van der Waals surface area (Å²) >= 11 is 5.89. The van der Waals surface area contributed by atoms with Crippen molar-refractivity contribution in [3.05, 3.63) is 53.6 Å². The number of benzene rings is 1. The second kappa shape index (κ2) is 8.19. The minimum atomic E-state index is -0.0960. The van der Waals surface area contributed by atoms with E-state index in [2.05, 4.69) is 29.2 Å². The van der Waals surface area contributed by atoms with Crippen molar-refractivity contribution in [2.75, 3.05) is 5.32 Å². The standard InChI is InChI=1S/C19H21ClN4O2/c1-3-13(2)24-17(10-11-22-24)23-18(25)8-9-19-21-12-16(26-19)14-4-6-15(20)7-5-14/h4-7,10-13H,3,8-9H2,1-2H3,(H,23,25). The Morgan fingerprint density at radius 1 is 1.31 bits per heavy atom. The normalized spacial score (nSPS) is 12.1. The topological polar surface area (TPSA) is 73.0 Å². The number of hydrogen-bond donors (Lipinski definition) is 1. The minimum Gasteiger partial charge on any atom is -0.441 e. The maximum Gasteiger partial charge on any atom is 0.226 e. The molecule has 1 amide bonds. The summed E-state index contributed by atoms with van der Waals surface area (Å²) in [5.74, 6) is 1.80. The van der Waals surface area contributed by atoms with E-state index >= 15 is 0 Å². The lowest BCUT2D eigenvalue weighted by Gasteiger charge is -2.13. The molecule has 136 valence electrons. The summed E-state index contributed by atoms with van der Waals surface area (Å²) < 4.78 is 7.54. The molecule has 26 heavy (non-hydrogen) atoms. The molecule has 0 saturated carbocycles. The Morgan fingerprint density at radius 3 is 2.81 bits per heavy atom. The summed E-state index contributed by atoms with van der Waals surface area (Å²) in [6, 6.07) is 9.37. The van der Waals surface area contributed by atoms with E-state index in [0.29, 0.717) is 28.9 Å². The molecule has 1 aromatic carbocycles. The molecular weight excluding hydrogens is 352 g/mol. The molecule has 0 fully saturated rings. The van der Waals surface area contributed by atoms with Crippen LogP contribution in [0.5, 0.6) is 0 Å². The van der Waals surface area contributed by atoms with E-state index in [0.717, 1.165) is 12.0 Å². The van der Waals surface area contributed by atoms with Gasteiger partial charge in [-0.1, -0.05) is 18.5 Å². The Bertz CT molecular complexity index is 870. The zero-order valence-corrected chi connectivity index (χ0v) is 15.5. The minimum absolute atomic E-state index is 0.0960. The number of halogens is 1. The quantitative estimate of drug-likeness (QED) is 0.650. The third-order valence-electron chi connectivity index (χ3n) is 4.19. The number of carbonyl (C=O) groups excluding carboxylic acids is 1. The number of nitrogens with zero attached hydrogens (tertiary/aromatic N) is 3. The predicted octanol–water partition coefficient (Wildman–Crippen LogP) is 4.73. The number of carbonyl (C=O) groups is 1. The third-order valence-corrected chi connectivity index (χ3v) is 4.45. The van der Waals surface area contributed by atoms with Gasteiger partial charge in [-0.15, -0.1) is 0 Å². The molecule has 0 spiro atoms. The number of nitrogens with one attached hydrogen (secondary N) is 1. The Morgan fingerprint density at radius 2 is 2.08 bits per heavy atom. The molecular formula is C19H21ClN4O2. The summed E-state index contributed by atoms with van der Waals surface area (Å²) in [7, 11) is 0. The summed E-state index contributed by atoms with van der Waals surface area (Å²) in [6.07, 6.45) is 5.00. The molecule has 1 N–H and O–H groups in total. The molecule has 3 rings (SSSR count). The van der Waals surface area contributed by atoms with Gasteiger partial charge in [-0.05, 0) is 37.6 Å². The highest BCUT2D eigenvalue weighted by atomic mass is 35.5. The van der Waals surface area contributed by atoms with Gasteiger partial charge in [0.15, 0.2) is 11.7 Å². The van der Waals surface area contributed by atoms with Gasteiger partial charge in [0, 0.05) is 29.5 Å². The number of rotatable bonds is 7. The Hall–Kier alpha value is -2.60. The number of anilines is 1. The summed E-state index contributed by atoms with van der Waals surface area (Å²) in [4.78, 5) is 16.5. The summed E-state index contributed by atoms with van der Waals surface area (Å²) in [5, 5.41) is 7.83. The lowest BCUT2D eigenvalue weighted by atomic mass is 10.2. The second-order valence-corrected chi connectivity index (χ2v) is 6.53. The SMILES string of the molecule is CCC(C)n1nccc1NC(=O)CCc1ncc(-c2ccc(Cl)cc2)o1. The van der Waals surface area contributed by atoms with Gasteiger partial charge < -0.3 is 9.73 Å². The first-order valence-electron chi connectivity index (χ1n) is 8.61. The van der Waals surface area contributed by atoms with Crippen LogP contribution in [-0.4, -0.2) is 20.7 Å². The molecule has 1 atom stereocenters. The number of aryl methyl sites for hydroxylation is 1. The molecule has 1 unspecified atom stereocenters. The van der Waals surface area contributed by atoms with Gasteiger partial charge in [-0.2, -0.15) is 5.10 Å². The van der Waals surface area contributed by atoms with Crippen molar-refractivity contribution >= 4 is 23.3 Å². The first kappa shape index (κ1) is 18.2. The molecule has 0 bridgehead atoms. The highest BCUT2D eigenvalue weighted by molar-refractivity contribution is 6.30. The van der Waals surface area contributed by atoms with Gasteiger partial charge in [-0.3, -0.25) is 4.79 Å². The van der Waals surface area contributed by atoms with Crippen LogP contribution in [0.3, 0.4) is 0 Å². The van der Waals surface area contributed by atoms with E-state index in [1.165, 1.54) is 0 Å². The highest BCUT2D eigenvalue weighted by Gasteiger charge is 2.13. The van der Waals surface area contributed by atoms with Crippen LogP contribution in [0.2, 0.25) is 5.02 Å². The van der Waals surface area contributed by atoms with Gasteiger partial charge in [-0.25, -0.2) is 9.67 Å². The largest absolute Gasteiger partial charge is 0.441 e. The second-order valence-electron chi connectivity index (χ2n) is 6.09. The zero-order valence-electron chi connectivity index (χ0n) is 14.8. The summed E-state index contributed by atoms with van der Waals surface area (Å²) in [5.41, 5.74) is 0.898. The molecule has 7 heteroatoms. The van der Waals surface area contributed by atoms with Gasteiger partial charge in [0.25, 0.3) is 0 Å². The molecule has 0 radical (unpaired) electrons. The molecule has 0 aliphatic heterocycles. The molecule has 6 nitrogen and oxygen atoms in total. The van der Waals surface area contributed by atoms with Crippen LogP contribution in [0.15, 0.2) is 47.1 Å². The highest BCUT2D eigenvalue weighted by Crippen LogP contribution is 2.23. The Labute approximate surface area is 157 Å². The number of amides is 1. The molecule has 2 heterocycles. The molecule has 3 aromatic rings. The van der Waals surface area contributed by atoms with Crippen molar-refractivity contribution in [2.45, 2.75) is 39.2 Å². The van der Waals surface area contributed by atoms with E-state index in [4.69, 9.17) is 16.0 Å². The lowest BCUT2D eigenvalue weighted by Crippen LogP contribution is -2.17. The number of oxazole rings is 1. The monoisotopic (exact) mass is 372 g/mol. The van der Waals surface area contributed by atoms with Crippen molar-refractivity contribution in [2.24, 2.45) is 0 Å². The first-order valence-corrected chi connectivity index (χ1v) is 8.98. The number of hydrogen-bond acceptors (Lipinski definition) is 4. The van der Waals surface area contributed by atoms with Crippen molar-refractivity contribution in [3.63, 3.8) is 0 Å². The smallest absolute Gasteiger partial charge is 0.226 e. The zero-order chi connectivity index (χ0) is 18.5. The van der Waals surface area contributed by atoms with Crippen LogP contribution in [0.4, 0.5) is 5.82 Å². The van der Waals surface area contributed by atoms with Gasteiger partial charge in [0.2, 0.25) is 5.91 Å². The van der Waals surface area contributed by atoms with E-state index < -0.39 is 0 Å². The average Bonchev–Trinajstić information content (AvgIpc) is 3.29. The van der Waals surface area contributed by atoms with E-state index in [1.54, 1.807) is 30.6 Å². The fourth-order valence-corrected chi connectivity index (χ4v) is 2.66. The summed E-state index contributed by atoms with van der Waals surface area (Å²) in [6.45, 7) is 4.15. The Balaban J connectivity index is 1.57. The van der Waals surface area contributed by atoms with Crippen molar-refractivity contribution in [3.8, 4) is 11.3 Å². The van der Waals surface area contributed by atoms with Crippen LogP contribution in [0, 0.1) is 0 Å². The van der Waals surface area contributed by atoms with Gasteiger partial charge in [0.1, 0.15) is 5.82 Å². The number of aromatic nitrogens is 3. The fraction of sp³-hybridized carbons (Fsp3) is 0.316. The Kier molecular flexibility index (Phi) is 5.73. The third kappa shape index (κ3) is 4.32. The van der Waals surface area contributed by atoms with Crippen LogP contribution < -0.4 is 5.32 Å². The van der Waals surface area contributed by atoms with Crippen molar-refractivity contribution < 1.29 is 9.21 Å². The van der Waals surface area contributed by atoms with Crippen LogP contribution in [-0.2, 0) is 11.2 Å². The van der Waals surface area contributed by atoms with E-state index in [-0.39, 0.29) is 18.4 Å². The maximum atomic E-state index is 12.2. The first-order chi connectivity index (χ1) is 12.6.